The van der Waals surface area contributed by atoms with Crippen molar-refractivity contribution in [3.05, 3.63) is 0 Å². The molecular formula is C13H28O. The maximum Gasteiger partial charge on any atom is 0.0514 e. The van der Waals surface area contributed by atoms with Gasteiger partial charge in [-0.05, 0) is 43.4 Å². The van der Waals surface area contributed by atoms with E-state index in [0.717, 1.165) is 12.3 Å². The average Bonchev–Trinajstić information content (AvgIpc) is 1.77. The van der Waals surface area contributed by atoms with Crippen molar-refractivity contribution in [2.24, 2.45) is 17.3 Å². The summed E-state index contributed by atoms with van der Waals surface area (Å²) in [7, 11) is 0. The van der Waals surface area contributed by atoms with Gasteiger partial charge >= 0.3 is 0 Å². The van der Waals surface area contributed by atoms with E-state index in [1.54, 1.807) is 0 Å². The first-order valence-corrected chi connectivity index (χ1v) is 5.89. The van der Waals surface area contributed by atoms with E-state index in [-0.39, 0.29) is 6.10 Å². The van der Waals surface area contributed by atoms with Crippen LogP contribution in [-0.4, -0.2) is 11.2 Å². The molecule has 0 spiro atoms. The Labute approximate surface area is 89.9 Å². The number of rotatable bonds is 5. The number of hydrogen-bond acceptors (Lipinski definition) is 1. The summed E-state index contributed by atoms with van der Waals surface area (Å²) < 4.78 is 0. The van der Waals surface area contributed by atoms with E-state index in [0.29, 0.717) is 11.3 Å². The summed E-state index contributed by atoms with van der Waals surface area (Å²) in [5.41, 5.74) is 0.434. The second-order valence-electron chi connectivity index (χ2n) is 6.30. The van der Waals surface area contributed by atoms with Crippen LogP contribution in [0, 0.1) is 17.3 Å². The summed E-state index contributed by atoms with van der Waals surface area (Å²) in [5, 5.41) is 9.27. The van der Waals surface area contributed by atoms with Crippen molar-refractivity contribution in [3.8, 4) is 0 Å². The molecule has 0 aliphatic rings. The SMILES string of the molecule is CC(O)CC(C)CC(C)CC(C)(C)C. The first kappa shape index (κ1) is 14.0. The van der Waals surface area contributed by atoms with Gasteiger partial charge in [0, 0.05) is 0 Å². The van der Waals surface area contributed by atoms with E-state index in [1.165, 1.54) is 12.8 Å². The standard InChI is InChI=1S/C13H28O/c1-10(8-12(3)14)7-11(2)9-13(4,5)6/h10-12,14H,7-9H2,1-6H3. The molecule has 0 aromatic carbocycles. The Bertz CT molecular complexity index is 144. The van der Waals surface area contributed by atoms with E-state index in [1.807, 2.05) is 6.92 Å². The molecular weight excluding hydrogens is 172 g/mol. The van der Waals surface area contributed by atoms with Crippen LogP contribution in [-0.2, 0) is 0 Å². The van der Waals surface area contributed by atoms with Crippen molar-refractivity contribution in [1.82, 2.24) is 0 Å². The highest BCUT2D eigenvalue weighted by molar-refractivity contribution is 4.69. The van der Waals surface area contributed by atoms with Crippen LogP contribution < -0.4 is 0 Å². The van der Waals surface area contributed by atoms with E-state index in [9.17, 15) is 5.11 Å². The van der Waals surface area contributed by atoms with Crippen LogP contribution in [0.1, 0.15) is 60.8 Å². The smallest absolute Gasteiger partial charge is 0.0514 e. The highest BCUT2D eigenvalue weighted by Gasteiger charge is 2.17. The maximum atomic E-state index is 9.27. The highest BCUT2D eigenvalue weighted by atomic mass is 16.3. The van der Waals surface area contributed by atoms with Crippen molar-refractivity contribution in [1.29, 1.82) is 0 Å². The van der Waals surface area contributed by atoms with E-state index >= 15 is 0 Å². The molecule has 0 aliphatic heterocycles. The van der Waals surface area contributed by atoms with Crippen molar-refractivity contribution in [2.45, 2.75) is 66.9 Å². The summed E-state index contributed by atoms with van der Waals surface area (Å²) in [6, 6.07) is 0. The van der Waals surface area contributed by atoms with Gasteiger partial charge in [-0.3, -0.25) is 0 Å². The monoisotopic (exact) mass is 200 g/mol. The van der Waals surface area contributed by atoms with Crippen LogP contribution in [0.25, 0.3) is 0 Å². The van der Waals surface area contributed by atoms with Gasteiger partial charge < -0.3 is 5.11 Å². The summed E-state index contributed by atoms with van der Waals surface area (Å²) in [4.78, 5) is 0. The van der Waals surface area contributed by atoms with Crippen LogP contribution in [0.2, 0.25) is 0 Å². The Morgan fingerprint density at radius 2 is 1.43 bits per heavy atom. The Kier molecular flexibility index (Phi) is 5.73. The van der Waals surface area contributed by atoms with E-state index in [2.05, 4.69) is 34.6 Å². The van der Waals surface area contributed by atoms with Gasteiger partial charge in [0.15, 0.2) is 0 Å². The first-order valence-electron chi connectivity index (χ1n) is 5.89. The Balaban J connectivity index is 3.76. The predicted octanol–water partition coefficient (Wildman–Crippen LogP) is 3.86. The van der Waals surface area contributed by atoms with Gasteiger partial charge in [-0.2, -0.15) is 0 Å². The second-order valence-corrected chi connectivity index (χ2v) is 6.30. The predicted molar refractivity (Wildman–Crippen MR) is 63.3 cm³/mol. The number of aliphatic hydroxyl groups is 1. The third kappa shape index (κ3) is 8.55. The topological polar surface area (TPSA) is 20.2 Å². The fourth-order valence-electron chi connectivity index (χ4n) is 2.49. The molecule has 86 valence electrons. The molecule has 0 aliphatic carbocycles. The van der Waals surface area contributed by atoms with Gasteiger partial charge in [-0.15, -0.1) is 0 Å². The van der Waals surface area contributed by atoms with Crippen LogP contribution in [0.5, 0.6) is 0 Å². The molecule has 0 saturated heterocycles. The van der Waals surface area contributed by atoms with Crippen molar-refractivity contribution in [3.63, 3.8) is 0 Å². The zero-order valence-corrected chi connectivity index (χ0v) is 10.8. The van der Waals surface area contributed by atoms with Gasteiger partial charge in [-0.25, -0.2) is 0 Å². The molecule has 0 radical (unpaired) electrons. The molecule has 1 heteroatoms. The van der Waals surface area contributed by atoms with E-state index < -0.39 is 0 Å². The molecule has 0 heterocycles. The Morgan fingerprint density at radius 1 is 0.929 bits per heavy atom. The van der Waals surface area contributed by atoms with Crippen LogP contribution >= 0.6 is 0 Å². The molecule has 0 aromatic heterocycles. The second kappa shape index (κ2) is 5.75. The normalized spacial score (nSPS) is 19.1. The Hall–Kier alpha value is -0.0400. The maximum absolute atomic E-state index is 9.27. The highest BCUT2D eigenvalue weighted by Crippen LogP contribution is 2.28. The molecule has 0 amide bonds. The molecule has 3 unspecified atom stereocenters. The lowest BCUT2D eigenvalue weighted by Gasteiger charge is -2.25. The first-order chi connectivity index (χ1) is 6.20. The van der Waals surface area contributed by atoms with Gasteiger partial charge in [0.2, 0.25) is 0 Å². The van der Waals surface area contributed by atoms with E-state index in [4.69, 9.17) is 0 Å². The van der Waals surface area contributed by atoms with Crippen LogP contribution in [0.4, 0.5) is 0 Å². The fraction of sp³-hybridized carbons (Fsp3) is 1.00. The van der Waals surface area contributed by atoms with Crippen molar-refractivity contribution in [2.75, 3.05) is 0 Å². The molecule has 1 nitrogen and oxygen atoms in total. The zero-order chi connectivity index (χ0) is 11.4. The average molecular weight is 200 g/mol. The number of aliphatic hydroxyl groups excluding tert-OH is 1. The summed E-state index contributed by atoms with van der Waals surface area (Å²) in [6.07, 6.45) is 3.31. The quantitative estimate of drug-likeness (QED) is 0.714. The number of hydrogen-bond donors (Lipinski definition) is 1. The molecule has 1 N–H and O–H groups in total. The largest absolute Gasteiger partial charge is 0.393 e. The summed E-state index contributed by atoms with van der Waals surface area (Å²) in [5.74, 6) is 1.41. The fourth-order valence-corrected chi connectivity index (χ4v) is 2.49. The third-order valence-electron chi connectivity index (χ3n) is 2.51. The van der Waals surface area contributed by atoms with Gasteiger partial charge in [0.05, 0.1) is 6.10 Å². The molecule has 3 atom stereocenters. The third-order valence-corrected chi connectivity index (χ3v) is 2.51. The van der Waals surface area contributed by atoms with Gasteiger partial charge in [0.1, 0.15) is 0 Å². The van der Waals surface area contributed by atoms with Gasteiger partial charge in [0.25, 0.3) is 0 Å². The van der Waals surface area contributed by atoms with Crippen molar-refractivity contribution < 1.29 is 5.11 Å². The molecule has 0 saturated carbocycles. The minimum absolute atomic E-state index is 0.146. The molecule has 0 aromatic rings. The molecule has 0 bridgehead atoms. The minimum atomic E-state index is -0.146. The summed E-state index contributed by atoms with van der Waals surface area (Å²) in [6.45, 7) is 13.3. The minimum Gasteiger partial charge on any atom is -0.393 e. The molecule has 0 fully saturated rings. The van der Waals surface area contributed by atoms with Crippen molar-refractivity contribution >= 4 is 0 Å². The van der Waals surface area contributed by atoms with Crippen LogP contribution in [0.15, 0.2) is 0 Å². The molecule has 0 rings (SSSR count). The van der Waals surface area contributed by atoms with Crippen LogP contribution in [0.3, 0.4) is 0 Å². The van der Waals surface area contributed by atoms with Gasteiger partial charge in [-0.1, -0.05) is 34.6 Å². The lowest BCUT2D eigenvalue weighted by molar-refractivity contribution is 0.153. The molecule has 14 heavy (non-hydrogen) atoms. The Morgan fingerprint density at radius 3 is 1.79 bits per heavy atom. The zero-order valence-electron chi connectivity index (χ0n) is 10.8. The summed E-state index contributed by atoms with van der Waals surface area (Å²) >= 11 is 0. The lowest BCUT2D eigenvalue weighted by Crippen LogP contribution is -2.15. The lowest BCUT2D eigenvalue weighted by atomic mass is 9.81.